The smallest absolute Gasteiger partial charge is 0.318 e. The van der Waals surface area contributed by atoms with E-state index in [9.17, 15) is 9.59 Å². The second-order valence-electron chi connectivity index (χ2n) is 10.5. The summed E-state index contributed by atoms with van der Waals surface area (Å²) < 4.78 is 5.02. The lowest BCUT2D eigenvalue weighted by Crippen LogP contribution is -2.34. The summed E-state index contributed by atoms with van der Waals surface area (Å²) >= 11 is 0. The number of cyclic esters (lactones) is 2. The molecule has 1 aliphatic rings. The second-order valence-corrected chi connectivity index (χ2v) is 10.5. The van der Waals surface area contributed by atoms with Gasteiger partial charge in [-0.3, -0.25) is 9.59 Å². The normalized spacial score (nSPS) is 25.1. The van der Waals surface area contributed by atoms with Gasteiger partial charge in [0.15, 0.2) is 0 Å². The molecule has 0 N–H and O–H groups in total. The fourth-order valence-corrected chi connectivity index (χ4v) is 4.22. The molecule has 0 radical (unpaired) electrons. The molecule has 0 aromatic heterocycles. The first kappa shape index (κ1) is 21.2. The van der Waals surface area contributed by atoms with Crippen molar-refractivity contribution in [3.05, 3.63) is 0 Å². The Hall–Kier alpha value is -0.860. The Balaban J connectivity index is 2.96. The molecule has 4 atom stereocenters. The Kier molecular flexibility index (Phi) is 6.69. The molecule has 1 saturated heterocycles. The number of carbonyl (C=O) groups is 2. The molecule has 1 rings (SSSR count). The number of esters is 2. The van der Waals surface area contributed by atoms with Crippen LogP contribution in [0.1, 0.15) is 81.6 Å². The molecular formula is C21H38O3. The molecule has 1 aliphatic heterocycles. The fraction of sp³-hybridized carbons (Fsp3) is 0.905. The van der Waals surface area contributed by atoms with Crippen LogP contribution < -0.4 is 0 Å². The minimum Gasteiger partial charge on any atom is -0.393 e. The van der Waals surface area contributed by atoms with Crippen LogP contribution in [0.4, 0.5) is 0 Å². The van der Waals surface area contributed by atoms with Crippen molar-refractivity contribution < 1.29 is 14.3 Å². The van der Waals surface area contributed by atoms with Crippen molar-refractivity contribution in [1.82, 2.24) is 0 Å². The molecule has 0 bridgehead atoms. The van der Waals surface area contributed by atoms with Crippen LogP contribution in [0.25, 0.3) is 0 Å². The van der Waals surface area contributed by atoms with Crippen LogP contribution in [-0.2, 0) is 14.3 Å². The van der Waals surface area contributed by atoms with E-state index in [0.717, 1.165) is 12.8 Å². The van der Waals surface area contributed by atoms with Gasteiger partial charge in [0, 0.05) is 0 Å². The van der Waals surface area contributed by atoms with Gasteiger partial charge < -0.3 is 4.74 Å². The standard InChI is InChI=1S/C21H38O3/c1-13(2)10-14(3)11-15(20(4,5)6)12-16-17(21(7,8)9)19(23)24-18(16)22/h13-17H,10-12H2,1-9H3. The van der Waals surface area contributed by atoms with Gasteiger partial charge in [0.2, 0.25) is 0 Å². The predicted octanol–water partition coefficient (Wildman–Crippen LogP) is 5.47. The Bertz CT molecular complexity index is 451. The first-order chi connectivity index (χ1) is 10.7. The van der Waals surface area contributed by atoms with Crippen molar-refractivity contribution in [3.63, 3.8) is 0 Å². The highest BCUT2D eigenvalue weighted by molar-refractivity contribution is 5.96. The molecule has 1 heterocycles. The third kappa shape index (κ3) is 5.60. The van der Waals surface area contributed by atoms with Crippen molar-refractivity contribution in [1.29, 1.82) is 0 Å². The third-order valence-corrected chi connectivity index (χ3v) is 5.42. The van der Waals surface area contributed by atoms with Gasteiger partial charge in [-0.25, -0.2) is 0 Å². The summed E-state index contributed by atoms with van der Waals surface area (Å²) in [6.45, 7) is 19.6. The van der Waals surface area contributed by atoms with Gasteiger partial charge in [0.05, 0.1) is 11.8 Å². The van der Waals surface area contributed by atoms with E-state index in [1.807, 2.05) is 20.8 Å². The van der Waals surface area contributed by atoms with Gasteiger partial charge in [-0.2, -0.15) is 0 Å². The molecule has 0 amide bonds. The Morgan fingerprint density at radius 3 is 1.88 bits per heavy atom. The minimum atomic E-state index is -0.333. The van der Waals surface area contributed by atoms with E-state index >= 15 is 0 Å². The maximum atomic E-state index is 12.3. The highest BCUT2D eigenvalue weighted by atomic mass is 16.6. The zero-order valence-corrected chi connectivity index (χ0v) is 17.2. The zero-order chi connectivity index (χ0) is 18.9. The molecule has 1 fully saturated rings. The van der Waals surface area contributed by atoms with E-state index in [2.05, 4.69) is 41.5 Å². The fourth-order valence-electron chi connectivity index (χ4n) is 4.22. The summed E-state index contributed by atoms with van der Waals surface area (Å²) in [4.78, 5) is 24.5. The van der Waals surface area contributed by atoms with E-state index < -0.39 is 0 Å². The van der Waals surface area contributed by atoms with Crippen molar-refractivity contribution in [2.45, 2.75) is 81.6 Å². The topological polar surface area (TPSA) is 43.4 Å². The van der Waals surface area contributed by atoms with Gasteiger partial charge in [-0.1, -0.05) is 62.3 Å². The van der Waals surface area contributed by atoms with Crippen molar-refractivity contribution in [3.8, 4) is 0 Å². The second kappa shape index (κ2) is 7.58. The average Bonchev–Trinajstić information content (AvgIpc) is 2.60. The van der Waals surface area contributed by atoms with Crippen LogP contribution in [0.5, 0.6) is 0 Å². The summed E-state index contributed by atoms with van der Waals surface area (Å²) in [5.74, 6) is 0.435. The largest absolute Gasteiger partial charge is 0.393 e. The molecular weight excluding hydrogens is 300 g/mol. The first-order valence-corrected chi connectivity index (χ1v) is 9.49. The number of hydrogen-bond acceptors (Lipinski definition) is 3. The monoisotopic (exact) mass is 338 g/mol. The highest BCUT2D eigenvalue weighted by Crippen LogP contribution is 2.45. The number of rotatable bonds is 6. The molecule has 24 heavy (non-hydrogen) atoms. The van der Waals surface area contributed by atoms with Gasteiger partial charge >= 0.3 is 11.9 Å². The molecule has 0 aromatic rings. The number of hydrogen-bond donors (Lipinski definition) is 0. The first-order valence-electron chi connectivity index (χ1n) is 9.49. The lowest BCUT2D eigenvalue weighted by molar-refractivity contribution is -0.154. The lowest BCUT2D eigenvalue weighted by Gasteiger charge is -2.36. The summed E-state index contributed by atoms with van der Waals surface area (Å²) in [5, 5.41) is 0. The molecule has 3 nitrogen and oxygen atoms in total. The Morgan fingerprint density at radius 2 is 1.46 bits per heavy atom. The van der Waals surface area contributed by atoms with E-state index in [-0.39, 0.29) is 34.6 Å². The molecule has 0 saturated carbocycles. The van der Waals surface area contributed by atoms with Crippen molar-refractivity contribution in [2.24, 2.45) is 40.4 Å². The summed E-state index contributed by atoms with van der Waals surface area (Å²) in [5.41, 5.74) is -0.139. The molecule has 4 unspecified atom stereocenters. The zero-order valence-electron chi connectivity index (χ0n) is 17.2. The lowest BCUT2D eigenvalue weighted by atomic mass is 9.66. The average molecular weight is 339 g/mol. The van der Waals surface area contributed by atoms with Gasteiger partial charge in [0.1, 0.15) is 0 Å². The van der Waals surface area contributed by atoms with Gasteiger partial charge in [0.25, 0.3) is 0 Å². The number of carbonyl (C=O) groups excluding carboxylic acids is 2. The van der Waals surface area contributed by atoms with Crippen molar-refractivity contribution in [2.75, 3.05) is 0 Å². The predicted molar refractivity (Wildman–Crippen MR) is 98.3 cm³/mol. The molecule has 0 aromatic carbocycles. The van der Waals surface area contributed by atoms with Crippen LogP contribution in [0, 0.1) is 40.4 Å². The van der Waals surface area contributed by atoms with Crippen LogP contribution in [0.15, 0.2) is 0 Å². The summed E-state index contributed by atoms with van der Waals surface area (Å²) in [6.07, 6.45) is 3.04. The highest BCUT2D eigenvalue weighted by Gasteiger charge is 2.51. The maximum Gasteiger partial charge on any atom is 0.318 e. The minimum absolute atomic E-state index is 0.111. The van der Waals surface area contributed by atoms with Crippen LogP contribution >= 0.6 is 0 Å². The molecule has 0 spiro atoms. The Morgan fingerprint density at radius 1 is 0.917 bits per heavy atom. The SMILES string of the molecule is CC(C)CC(C)CC(CC1C(=O)OC(=O)C1C(C)(C)C)C(C)(C)C. The maximum absolute atomic E-state index is 12.3. The summed E-state index contributed by atoms with van der Waals surface area (Å²) in [6, 6.07) is 0. The van der Waals surface area contributed by atoms with Crippen molar-refractivity contribution >= 4 is 11.9 Å². The number of ether oxygens (including phenoxy) is 1. The van der Waals surface area contributed by atoms with E-state index in [4.69, 9.17) is 4.74 Å². The molecule has 140 valence electrons. The van der Waals surface area contributed by atoms with Gasteiger partial charge in [-0.15, -0.1) is 0 Å². The Labute approximate surface area is 148 Å². The third-order valence-electron chi connectivity index (χ3n) is 5.42. The van der Waals surface area contributed by atoms with Gasteiger partial charge in [-0.05, 0) is 47.8 Å². The van der Waals surface area contributed by atoms with E-state index in [1.165, 1.54) is 6.42 Å². The molecule has 0 aliphatic carbocycles. The van der Waals surface area contributed by atoms with E-state index in [1.54, 1.807) is 0 Å². The van der Waals surface area contributed by atoms with Crippen LogP contribution in [0.3, 0.4) is 0 Å². The van der Waals surface area contributed by atoms with Crippen LogP contribution in [0.2, 0.25) is 0 Å². The quantitative estimate of drug-likeness (QED) is 0.476. The molecule has 3 heteroatoms. The van der Waals surface area contributed by atoms with E-state index in [0.29, 0.717) is 17.8 Å². The van der Waals surface area contributed by atoms with Crippen LogP contribution in [-0.4, -0.2) is 11.9 Å². The summed E-state index contributed by atoms with van der Waals surface area (Å²) in [7, 11) is 0.